The van der Waals surface area contributed by atoms with Crippen LogP contribution >= 0.6 is 0 Å². The Kier molecular flexibility index (Phi) is 3.61. The molecule has 1 aliphatic heterocycles. The average molecular weight is 243 g/mol. The molecule has 2 atom stereocenters. The first-order chi connectivity index (χ1) is 8.63. The monoisotopic (exact) mass is 243 g/mol. The first-order valence-electron chi connectivity index (χ1n) is 6.32. The highest BCUT2D eigenvalue weighted by atomic mass is 16.2. The van der Waals surface area contributed by atoms with Crippen LogP contribution in [0.3, 0.4) is 0 Å². The maximum Gasteiger partial charge on any atom is 0.272 e. The van der Waals surface area contributed by atoms with Crippen LogP contribution in [-0.4, -0.2) is 27.9 Å². The van der Waals surface area contributed by atoms with Gasteiger partial charge in [0, 0.05) is 18.3 Å². The Labute approximate surface area is 107 Å². The fraction of sp³-hybridized carbons (Fsp3) is 0.500. The molecule has 1 amide bonds. The van der Waals surface area contributed by atoms with Gasteiger partial charge in [0.1, 0.15) is 11.8 Å². The fourth-order valence-corrected chi connectivity index (χ4v) is 2.54. The molecule has 0 N–H and O–H groups in total. The summed E-state index contributed by atoms with van der Waals surface area (Å²) in [5.74, 6) is -0.0285. The van der Waals surface area contributed by atoms with Gasteiger partial charge in [0.15, 0.2) is 0 Å². The van der Waals surface area contributed by atoms with E-state index >= 15 is 0 Å². The topological polar surface area (TPSA) is 57.0 Å². The van der Waals surface area contributed by atoms with Crippen LogP contribution in [0.25, 0.3) is 0 Å². The van der Waals surface area contributed by atoms with Gasteiger partial charge in [-0.05, 0) is 45.2 Å². The molecule has 1 aromatic heterocycles. The minimum absolute atomic E-state index is 0.0285. The van der Waals surface area contributed by atoms with E-state index < -0.39 is 0 Å². The van der Waals surface area contributed by atoms with Crippen molar-refractivity contribution < 1.29 is 4.79 Å². The molecule has 2 rings (SSSR count). The number of amides is 1. The van der Waals surface area contributed by atoms with E-state index in [2.05, 4.69) is 18.8 Å². The number of rotatable bonds is 1. The second-order valence-corrected chi connectivity index (χ2v) is 4.89. The van der Waals surface area contributed by atoms with Gasteiger partial charge in [-0.15, -0.1) is 0 Å². The van der Waals surface area contributed by atoms with Crippen LogP contribution in [0, 0.1) is 11.3 Å². The second-order valence-electron chi connectivity index (χ2n) is 4.89. The van der Waals surface area contributed by atoms with Crippen LogP contribution in [0.2, 0.25) is 0 Å². The van der Waals surface area contributed by atoms with Gasteiger partial charge in [-0.2, -0.15) is 5.26 Å². The van der Waals surface area contributed by atoms with E-state index in [1.54, 1.807) is 12.1 Å². The third kappa shape index (κ3) is 2.35. The van der Waals surface area contributed by atoms with Crippen molar-refractivity contribution in [3.05, 3.63) is 29.6 Å². The molecule has 1 fully saturated rings. The molecule has 0 spiro atoms. The maximum absolute atomic E-state index is 12.4. The molecule has 0 aliphatic carbocycles. The summed E-state index contributed by atoms with van der Waals surface area (Å²) in [5, 5.41) is 8.71. The Balaban J connectivity index is 2.21. The lowest BCUT2D eigenvalue weighted by molar-refractivity contribution is 0.0504. The largest absolute Gasteiger partial charge is 0.332 e. The zero-order chi connectivity index (χ0) is 13.1. The molecule has 1 saturated heterocycles. The predicted molar refractivity (Wildman–Crippen MR) is 67.9 cm³/mol. The number of pyridine rings is 1. The van der Waals surface area contributed by atoms with Gasteiger partial charge in [-0.3, -0.25) is 4.79 Å². The fourth-order valence-electron chi connectivity index (χ4n) is 2.54. The molecule has 4 nitrogen and oxygen atoms in total. The third-order valence-electron chi connectivity index (χ3n) is 3.54. The summed E-state index contributed by atoms with van der Waals surface area (Å²) >= 11 is 0. The van der Waals surface area contributed by atoms with Crippen LogP contribution in [0.1, 0.15) is 49.2 Å². The summed E-state index contributed by atoms with van der Waals surface area (Å²) in [4.78, 5) is 18.4. The third-order valence-corrected chi connectivity index (χ3v) is 3.54. The van der Waals surface area contributed by atoms with E-state index in [1.165, 1.54) is 12.6 Å². The molecular weight excluding hydrogens is 226 g/mol. The number of hydrogen-bond donors (Lipinski definition) is 0. The summed E-state index contributed by atoms with van der Waals surface area (Å²) in [6, 6.07) is 5.80. The van der Waals surface area contributed by atoms with Gasteiger partial charge in [-0.25, -0.2) is 4.98 Å². The van der Waals surface area contributed by atoms with Crippen molar-refractivity contribution in [2.75, 3.05) is 0 Å². The lowest BCUT2D eigenvalue weighted by atomic mass is 9.97. The molecule has 0 aromatic carbocycles. The normalized spacial score (nSPS) is 23.5. The van der Waals surface area contributed by atoms with Crippen LogP contribution in [0.4, 0.5) is 0 Å². The number of hydrogen-bond acceptors (Lipinski definition) is 3. The number of likely N-dealkylation sites (tertiary alicyclic amines) is 1. The quantitative estimate of drug-likeness (QED) is 0.760. The molecule has 0 bridgehead atoms. The molecule has 1 aliphatic rings. The highest BCUT2D eigenvalue weighted by molar-refractivity contribution is 5.92. The van der Waals surface area contributed by atoms with Crippen molar-refractivity contribution in [2.45, 2.75) is 45.2 Å². The number of carbonyl (C=O) groups excluding carboxylic acids is 1. The van der Waals surface area contributed by atoms with Gasteiger partial charge in [0.05, 0.1) is 5.56 Å². The first kappa shape index (κ1) is 12.6. The Morgan fingerprint density at radius 3 is 2.56 bits per heavy atom. The van der Waals surface area contributed by atoms with Crippen LogP contribution in [0.5, 0.6) is 0 Å². The Morgan fingerprint density at radius 1 is 1.39 bits per heavy atom. The summed E-state index contributed by atoms with van der Waals surface area (Å²) in [5.41, 5.74) is 0.904. The zero-order valence-corrected chi connectivity index (χ0v) is 10.8. The van der Waals surface area contributed by atoms with Gasteiger partial charge in [-0.1, -0.05) is 0 Å². The zero-order valence-electron chi connectivity index (χ0n) is 10.8. The van der Waals surface area contributed by atoms with Crippen LogP contribution in [-0.2, 0) is 0 Å². The molecule has 0 unspecified atom stereocenters. The number of piperidine rings is 1. The molecule has 2 heterocycles. The minimum Gasteiger partial charge on any atom is -0.332 e. The predicted octanol–water partition coefficient (Wildman–Crippen LogP) is 2.36. The standard InChI is InChI=1S/C14H17N3O/c1-10-4-3-5-11(2)17(10)14(18)13-7-6-12(8-15)9-16-13/h6-7,9-11H,3-5H2,1-2H3/t10-,11+. The minimum atomic E-state index is -0.0285. The Hall–Kier alpha value is -1.89. The van der Waals surface area contributed by atoms with Gasteiger partial charge >= 0.3 is 0 Å². The second kappa shape index (κ2) is 5.18. The molecule has 0 radical (unpaired) electrons. The van der Waals surface area contributed by atoms with E-state index in [-0.39, 0.29) is 18.0 Å². The average Bonchev–Trinajstić information content (AvgIpc) is 2.38. The molecule has 4 heteroatoms. The van der Waals surface area contributed by atoms with Gasteiger partial charge in [0.2, 0.25) is 0 Å². The molecule has 18 heavy (non-hydrogen) atoms. The van der Waals surface area contributed by atoms with E-state index in [0.717, 1.165) is 12.8 Å². The van der Waals surface area contributed by atoms with Crippen molar-refractivity contribution in [3.8, 4) is 6.07 Å². The number of aromatic nitrogens is 1. The van der Waals surface area contributed by atoms with Crippen LogP contribution in [0.15, 0.2) is 18.3 Å². The van der Waals surface area contributed by atoms with E-state index in [9.17, 15) is 4.79 Å². The van der Waals surface area contributed by atoms with E-state index in [1.807, 2.05) is 11.0 Å². The van der Waals surface area contributed by atoms with Crippen LogP contribution < -0.4 is 0 Å². The van der Waals surface area contributed by atoms with Gasteiger partial charge < -0.3 is 4.90 Å². The summed E-state index contributed by atoms with van der Waals surface area (Å²) in [7, 11) is 0. The molecular formula is C14H17N3O. The van der Waals surface area contributed by atoms with E-state index in [0.29, 0.717) is 11.3 Å². The van der Waals surface area contributed by atoms with Gasteiger partial charge in [0.25, 0.3) is 5.91 Å². The number of nitriles is 1. The van der Waals surface area contributed by atoms with E-state index in [4.69, 9.17) is 5.26 Å². The highest BCUT2D eigenvalue weighted by Gasteiger charge is 2.30. The summed E-state index contributed by atoms with van der Waals surface area (Å²) < 4.78 is 0. The molecule has 0 saturated carbocycles. The lowest BCUT2D eigenvalue weighted by Gasteiger charge is -2.38. The van der Waals surface area contributed by atoms with Crippen molar-refractivity contribution in [1.29, 1.82) is 5.26 Å². The highest BCUT2D eigenvalue weighted by Crippen LogP contribution is 2.24. The van der Waals surface area contributed by atoms with Crippen molar-refractivity contribution in [3.63, 3.8) is 0 Å². The first-order valence-corrected chi connectivity index (χ1v) is 6.32. The molecule has 94 valence electrons. The SMILES string of the molecule is C[C@@H]1CCC[C@H](C)N1C(=O)c1ccc(C#N)cn1. The smallest absolute Gasteiger partial charge is 0.272 e. The summed E-state index contributed by atoms with van der Waals surface area (Å²) in [6.45, 7) is 4.16. The maximum atomic E-state index is 12.4. The Morgan fingerprint density at radius 2 is 2.06 bits per heavy atom. The van der Waals surface area contributed by atoms with Crippen molar-refractivity contribution in [1.82, 2.24) is 9.88 Å². The molecule has 1 aromatic rings. The lowest BCUT2D eigenvalue weighted by Crippen LogP contribution is -2.47. The number of nitrogens with zero attached hydrogens (tertiary/aromatic N) is 3. The summed E-state index contributed by atoms with van der Waals surface area (Å²) in [6.07, 6.45) is 4.72. The number of carbonyl (C=O) groups is 1. The Bertz CT molecular complexity index is 465. The van der Waals surface area contributed by atoms with Crippen molar-refractivity contribution >= 4 is 5.91 Å². The van der Waals surface area contributed by atoms with Crippen molar-refractivity contribution in [2.24, 2.45) is 0 Å².